The Morgan fingerprint density at radius 1 is 1.58 bits per heavy atom. The van der Waals surface area contributed by atoms with Gasteiger partial charge in [0.2, 0.25) is 5.91 Å². The highest BCUT2D eigenvalue weighted by atomic mass is 32.2. The summed E-state index contributed by atoms with van der Waals surface area (Å²) in [7, 11) is 0. The first-order valence-electron chi connectivity index (χ1n) is 6.54. The van der Waals surface area contributed by atoms with Gasteiger partial charge in [0.25, 0.3) is 0 Å². The maximum absolute atomic E-state index is 12.3. The molecule has 6 heteroatoms. The third kappa shape index (κ3) is 3.98. The van der Waals surface area contributed by atoms with Crippen molar-refractivity contribution in [3.05, 3.63) is 18.0 Å². The highest BCUT2D eigenvalue weighted by Gasteiger charge is 2.18. The molecule has 1 aliphatic carbocycles. The predicted octanol–water partition coefficient (Wildman–Crippen LogP) is 3.12. The Kier molecular flexibility index (Phi) is 5.27. The third-order valence-electron chi connectivity index (χ3n) is 3.07. The summed E-state index contributed by atoms with van der Waals surface area (Å²) in [6.45, 7) is 2.78. The molecule has 4 nitrogen and oxygen atoms in total. The van der Waals surface area contributed by atoms with Gasteiger partial charge in [0.1, 0.15) is 0 Å². The minimum Gasteiger partial charge on any atom is -0.375 e. The van der Waals surface area contributed by atoms with Crippen LogP contribution >= 0.6 is 23.1 Å². The molecule has 2 rings (SSSR count). The Hall–Kier alpha value is -1.01. The maximum atomic E-state index is 12.3. The van der Waals surface area contributed by atoms with E-state index in [0.717, 1.165) is 23.6 Å². The molecule has 0 atom stereocenters. The zero-order valence-electron chi connectivity index (χ0n) is 11.1. The van der Waals surface area contributed by atoms with Crippen LogP contribution in [0.25, 0.3) is 0 Å². The quantitative estimate of drug-likeness (QED) is 0.848. The van der Waals surface area contributed by atoms with Crippen molar-refractivity contribution >= 4 is 34.1 Å². The molecule has 0 spiro atoms. The SMILES string of the molecule is CCN(C(=O)CSc1cnc(N)s1)C1=CCCCC1. The topological polar surface area (TPSA) is 59.2 Å². The average molecular weight is 297 g/mol. The van der Waals surface area contributed by atoms with Crippen molar-refractivity contribution in [2.75, 3.05) is 18.0 Å². The lowest BCUT2D eigenvalue weighted by molar-refractivity contribution is -0.126. The largest absolute Gasteiger partial charge is 0.375 e. The van der Waals surface area contributed by atoms with Crippen molar-refractivity contribution in [2.24, 2.45) is 0 Å². The van der Waals surface area contributed by atoms with Gasteiger partial charge in [0.05, 0.1) is 16.2 Å². The van der Waals surface area contributed by atoms with Crippen LogP contribution in [0.2, 0.25) is 0 Å². The molecule has 1 amide bonds. The van der Waals surface area contributed by atoms with Crippen LogP contribution in [0.1, 0.15) is 32.6 Å². The van der Waals surface area contributed by atoms with Gasteiger partial charge in [0, 0.05) is 12.2 Å². The molecule has 1 aromatic rings. The first-order valence-corrected chi connectivity index (χ1v) is 8.34. The molecule has 1 aliphatic rings. The lowest BCUT2D eigenvalue weighted by Crippen LogP contribution is -2.32. The van der Waals surface area contributed by atoms with Crippen molar-refractivity contribution in [2.45, 2.75) is 36.8 Å². The molecule has 0 aliphatic heterocycles. The molecule has 19 heavy (non-hydrogen) atoms. The standard InChI is InChI=1S/C13H19N3OS2/c1-2-16(10-6-4-3-5-7-10)11(17)9-18-12-8-15-13(14)19-12/h6,8H,2-5,7,9H2,1H3,(H2,14,15). The summed E-state index contributed by atoms with van der Waals surface area (Å²) >= 11 is 2.94. The smallest absolute Gasteiger partial charge is 0.237 e. The van der Waals surface area contributed by atoms with E-state index in [-0.39, 0.29) is 5.91 Å². The Balaban J connectivity index is 1.91. The summed E-state index contributed by atoms with van der Waals surface area (Å²) < 4.78 is 1.000. The number of carbonyl (C=O) groups is 1. The number of amides is 1. The van der Waals surface area contributed by atoms with Crippen molar-refractivity contribution in [1.29, 1.82) is 0 Å². The number of thiazole rings is 1. The summed E-state index contributed by atoms with van der Waals surface area (Å²) in [6.07, 6.45) is 8.49. The predicted molar refractivity (Wildman–Crippen MR) is 81.2 cm³/mol. The molecule has 0 aromatic carbocycles. The third-order valence-corrected chi connectivity index (χ3v) is 5.08. The Morgan fingerprint density at radius 3 is 3.00 bits per heavy atom. The van der Waals surface area contributed by atoms with Crippen molar-refractivity contribution in [1.82, 2.24) is 9.88 Å². The van der Waals surface area contributed by atoms with Crippen molar-refractivity contribution in [3.63, 3.8) is 0 Å². The number of anilines is 1. The Bertz CT molecular complexity index is 470. The molecule has 0 fully saturated rings. The van der Waals surface area contributed by atoms with Crippen LogP contribution in [0.3, 0.4) is 0 Å². The highest BCUT2D eigenvalue weighted by molar-refractivity contribution is 8.01. The number of rotatable bonds is 5. The van der Waals surface area contributed by atoms with Crippen LogP contribution in [-0.4, -0.2) is 28.1 Å². The molecule has 104 valence electrons. The molecular weight excluding hydrogens is 278 g/mol. The maximum Gasteiger partial charge on any atom is 0.237 e. The highest BCUT2D eigenvalue weighted by Crippen LogP contribution is 2.27. The van der Waals surface area contributed by atoms with Crippen molar-refractivity contribution in [3.8, 4) is 0 Å². The van der Waals surface area contributed by atoms with E-state index in [2.05, 4.69) is 11.1 Å². The molecule has 0 bridgehead atoms. The Morgan fingerprint density at radius 2 is 2.42 bits per heavy atom. The summed E-state index contributed by atoms with van der Waals surface area (Å²) in [5.41, 5.74) is 6.77. The normalized spacial score (nSPS) is 15.1. The van der Waals surface area contributed by atoms with Crippen LogP contribution in [0.5, 0.6) is 0 Å². The number of allylic oxidation sites excluding steroid dienone is 2. The monoisotopic (exact) mass is 297 g/mol. The fourth-order valence-corrected chi connectivity index (χ4v) is 3.79. The van der Waals surface area contributed by atoms with Crippen LogP contribution in [-0.2, 0) is 4.79 Å². The van der Waals surface area contributed by atoms with Gasteiger partial charge in [-0.15, -0.1) is 11.8 Å². The zero-order chi connectivity index (χ0) is 13.7. The summed E-state index contributed by atoms with van der Waals surface area (Å²) in [6, 6.07) is 0. The number of hydrogen-bond acceptors (Lipinski definition) is 5. The summed E-state index contributed by atoms with van der Waals surface area (Å²) in [5.74, 6) is 0.625. The van der Waals surface area contributed by atoms with Gasteiger partial charge in [-0.2, -0.15) is 0 Å². The average Bonchev–Trinajstić information content (AvgIpc) is 2.84. The lowest BCUT2D eigenvalue weighted by Gasteiger charge is -2.26. The molecule has 1 heterocycles. The van der Waals surface area contributed by atoms with Gasteiger partial charge in [0.15, 0.2) is 5.13 Å². The van der Waals surface area contributed by atoms with Gasteiger partial charge in [-0.3, -0.25) is 4.79 Å². The zero-order valence-corrected chi connectivity index (χ0v) is 12.7. The first-order chi connectivity index (χ1) is 9.20. The number of nitrogens with zero attached hydrogens (tertiary/aromatic N) is 2. The summed E-state index contributed by atoms with van der Waals surface area (Å²) in [5, 5.41) is 0.553. The number of carbonyl (C=O) groups excluding carboxylic acids is 1. The molecule has 0 radical (unpaired) electrons. The number of thioether (sulfide) groups is 1. The minimum atomic E-state index is 0.174. The van der Waals surface area contributed by atoms with Gasteiger partial charge in [-0.05, 0) is 32.6 Å². The van der Waals surface area contributed by atoms with Crippen LogP contribution in [0, 0.1) is 0 Å². The number of hydrogen-bond donors (Lipinski definition) is 1. The van der Waals surface area contributed by atoms with E-state index in [1.165, 1.54) is 41.6 Å². The molecule has 0 saturated carbocycles. The van der Waals surface area contributed by atoms with Gasteiger partial charge < -0.3 is 10.6 Å². The number of nitrogens with two attached hydrogens (primary N) is 1. The second kappa shape index (κ2) is 6.96. The van der Waals surface area contributed by atoms with Crippen LogP contribution in [0.4, 0.5) is 5.13 Å². The van der Waals surface area contributed by atoms with Gasteiger partial charge in [-0.1, -0.05) is 17.4 Å². The van der Waals surface area contributed by atoms with E-state index in [4.69, 9.17) is 5.73 Å². The van der Waals surface area contributed by atoms with Gasteiger partial charge in [-0.25, -0.2) is 4.98 Å². The van der Waals surface area contributed by atoms with Crippen LogP contribution < -0.4 is 5.73 Å². The molecule has 0 unspecified atom stereocenters. The van der Waals surface area contributed by atoms with E-state index in [9.17, 15) is 4.79 Å². The van der Waals surface area contributed by atoms with E-state index >= 15 is 0 Å². The molecule has 2 N–H and O–H groups in total. The lowest BCUT2D eigenvalue weighted by atomic mass is 10.0. The van der Waals surface area contributed by atoms with Crippen molar-refractivity contribution < 1.29 is 4.79 Å². The van der Waals surface area contributed by atoms with E-state index < -0.39 is 0 Å². The van der Waals surface area contributed by atoms with E-state index in [1.807, 2.05) is 11.8 Å². The number of nitrogen functional groups attached to an aromatic ring is 1. The molecule has 0 saturated heterocycles. The minimum absolute atomic E-state index is 0.174. The van der Waals surface area contributed by atoms with E-state index in [1.54, 1.807) is 6.20 Å². The number of aromatic nitrogens is 1. The first kappa shape index (κ1) is 14.4. The van der Waals surface area contributed by atoms with Crippen LogP contribution in [0.15, 0.2) is 22.2 Å². The van der Waals surface area contributed by atoms with Gasteiger partial charge >= 0.3 is 0 Å². The second-order valence-electron chi connectivity index (χ2n) is 4.39. The fourth-order valence-electron chi connectivity index (χ4n) is 2.16. The summed E-state index contributed by atoms with van der Waals surface area (Å²) in [4.78, 5) is 18.2. The van der Waals surface area contributed by atoms with E-state index in [0.29, 0.717) is 10.9 Å². The molecular formula is C13H19N3OS2. The molecule has 1 aromatic heterocycles. The Labute approximate surface area is 122 Å². The fraction of sp³-hybridized carbons (Fsp3) is 0.538. The second-order valence-corrected chi connectivity index (χ2v) is 6.72.